The van der Waals surface area contributed by atoms with Crippen LogP contribution in [0.5, 0.6) is 0 Å². The predicted octanol–water partition coefficient (Wildman–Crippen LogP) is 2.52. The smallest absolute Gasteiger partial charge is 0.407 e. The lowest BCUT2D eigenvalue weighted by Gasteiger charge is -2.39. The Labute approximate surface area is 136 Å². The number of thiophene rings is 1. The normalized spacial score (nSPS) is 20.3. The molecule has 1 amide bonds. The molecule has 0 saturated heterocycles. The van der Waals surface area contributed by atoms with Gasteiger partial charge < -0.3 is 15.8 Å². The summed E-state index contributed by atoms with van der Waals surface area (Å²) < 4.78 is 5.28. The summed E-state index contributed by atoms with van der Waals surface area (Å²) >= 11 is 1.83. The maximum atomic E-state index is 11.8. The Morgan fingerprint density at radius 1 is 1.59 bits per heavy atom. The zero-order valence-corrected chi connectivity index (χ0v) is 14.7. The van der Waals surface area contributed by atoms with E-state index in [1.165, 1.54) is 10.4 Å². The number of amides is 1. The number of hydrogen-bond donors (Lipinski definition) is 2. The van der Waals surface area contributed by atoms with E-state index in [1.54, 1.807) is 0 Å². The van der Waals surface area contributed by atoms with E-state index in [-0.39, 0.29) is 12.1 Å². The molecule has 0 spiro atoms. The highest BCUT2D eigenvalue weighted by molar-refractivity contribution is 7.10. The summed E-state index contributed by atoms with van der Waals surface area (Å²) in [6, 6.07) is 2.66. The fraction of sp³-hybridized carbons (Fsp3) is 0.688. The van der Waals surface area contributed by atoms with E-state index in [4.69, 9.17) is 10.5 Å². The van der Waals surface area contributed by atoms with Gasteiger partial charge in [0.2, 0.25) is 0 Å². The van der Waals surface area contributed by atoms with Crippen molar-refractivity contribution in [2.45, 2.75) is 51.8 Å². The highest BCUT2D eigenvalue weighted by atomic mass is 32.1. The van der Waals surface area contributed by atoms with Crippen LogP contribution in [-0.4, -0.2) is 42.3 Å². The number of nitrogens with one attached hydrogen (secondary N) is 1. The molecule has 1 aliphatic rings. The molecular formula is C16H27N3O2S. The number of ether oxygens (including phenoxy) is 1. The minimum Gasteiger partial charge on any atom is -0.444 e. The summed E-state index contributed by atoms with van der Waals surface area (Å²) in [5.74, 6) is 0. The van der Waals surface area contributed by atoms with E-state index in [0.717, 1.165) is 13.0 Å². The average Bonchev–Trinajstić information content (AvgIpc) is 2.88. The van der Waals surface area contributed by atoms with Crippen LogP contribution < -0.4 is 11.1 Å². The third-order valence-electron chi connectivity index (χ3n) is 3.95. The third-order valence-corrected chi connectivity index (χ3v) is 4.94. The van der Waals surface area contributed by atoms with Crippen LogP contribution >= 0.6 is 11.3 Å². The molecule has 0 aromatic carbocycles. The van der Waals surface area contributed by atoms with Gasteiger partial charge in [0, 0.05) is 36.6 Å². The minimum absolute atomic E-state index is 0.121. The molecule has 0 saturated carbocycles. The molecule has 0 fully saturated rings. The van der Waals surface area contributed by atoms with Crippen molar-refractivity contribution in [1.29, 1.82) is 0 Å². The van der Waals surface area contributed by atoms with Crippen molar-refractivity contribution >= 4 is 17.4 Å². The summed E-state index contributed by atoms with van der Waals surface area (Å²) in [5, 5.41) is 5.00. The Bertz CT molecular complexity index is 510. The van der Waals surface area contributed by atoms with Gasteiger partial charge in [-0.2, -0.15) is 0 Å². The molecule has 2 rings (SSSR count). The summed E-state index contributed by atoms with van der Waals surface area (Å²) in [4.78, 5) is 15.7. The molecule has 0 bridgehead atoms. The third kappa shape index (κ3) is 4.21. The first-order valence-electron chi connectivity index (χ1n) is 7.80. The lowest BCUT2D eigenvalue weighted by atomic mass is 9.99. The van der Waals surface area contributed by atoms with E-state index >= 15 is 0 Å². The van der Waals surface area contributed by atoms with E-state index in [9.17, 15) is 4.79 Å². The van der Waals surface area contributed by atoms with Gasteiger partial charge in [0.1, 0.15) is 5.60 Å². The van der Waals surface area contributed by atoms with Gasteiger partial charge in [0.25, 0.3) is 0 Å². The molecule has 0 radical (unpaired) electrons. The second kappa shape index (κ2) is 6.98. The molecule has 3 N–H and O–H groups in total. The van der Waals surface area contributed by atoms with Crippen molar-refractivity contribution < 1.29 is 9.53 Å². The Morgan fingerprint density at radius 2 is 2.32 bits per heavy atom. The average molecular weight is 325 g/mol. The second-order valence-corrected chi connectivity index (χ2v) is 7.74. The highest BCUT2D eigenvalue weighted by Gasteiger charge is 2.30. The molecular weight excluding hydrogens is 298 g/mol. The van der Waals surface area contributed by atoms with Gasteiger partial charge in [0.15, 0.2) is 0 Å². The maximum absolute atomic E-state index is 11.8. The van der Waals surface area contributed by atoms with E-state index in [2.05, 4.69) is 28.6 Å². The van der Waals surface area contributed by atoms with Gasteiger partial charge in [-0.05, 0) is 51.1 Å². The fourth-order valence-corrected chi connectivity index (χ4v) is 3.84. The van der Waals surface area contributed by atoms with Crippen LogP contribution in [0.15, 0.2) is 11.4 Å². The van der Waals surface area contributed by atoms with E-state index in [0.29, 0.717) is 19.1 Å². The van der Waals surface area contributed by atoms with Crippen molar-refractivity contribution in [3.8, 4) is 0 Å². The first-order valence-corrected chi connectivity index (χ1v) is 8.68. The van der Waals surface area contributed by atoms with E-state index in [1.807, 2.05) is 32.1 Å². The first-order chi connectivity index (χ1) is 10.3. The van der Waals surface area contributed by atoms with Gasteiger partial charge in [-0.1, -0.05) is 0 Å². The number of nitrogens with two attached hydrogens (primary N) is 1. The number of hydrogen-bond acceptors (Lipinski definition) is 5. The van der Waals surface area contributed by atoms with Gasteiger partial charge >= 0.3 is 6.09 Å². The molecule has 1 aliphatic heterocycles. The van der Waals surface area contributed by atoms with Crippen LogP contribution in [0.2, 0.25) is 0 Å². The largest absolute Gasteiger partial charge is 0.444 e. The minimum atomic E-state index is -0.480. The zero-order chi connectivity index (χ0) is 16.3. The Morgan fingerprint density at radius 3 is 2.95 bits per heavy atom. The number of fused-ring (bicyclic) bond motifs is 1. The monoisotopic (exact) mass is 325 g/mol. The molecule has 0 aliphatic carbocycles. The Balaban J connectivity index is 1.94. The van der Waals surface area contributed by atoms with Crippen molar-refractivity contribution in [2.75, 3.05) is 19.6 Å². The van der Waals surface area contributed by atoms with Gasteiger partial charge in [-0.3, -0.25) is 4.90 Å². The first kappa shape index (κ1) is 17.2. The van der Waals surface area contributed by atoms with Gasteiger partial charge in [-0.15, -0.1) is 11.3 Å². The van der Waals surface area contributed by atoms with Crippen molar-refractivity contribution in [3.63, 3.8) is 0 Å². The number of rotatable bonds is 4. The molecule has 1 aromatic rings. The molecule has 124 valence electrons. The summed E-state index contributed by atoms with van der Waals surface area (Å²) in [6.07, 6.45) is 0.673. The van der Waals surface area contributed by atoms with Crippen molar-refractivity contribution in [3.05, 3.63) is 21.9 Å². The van der Waals surface area contributed by atoms with Gasteiger partial charge in [0.05, 0.1) is 0 Å². The lowest BCUT2D eigenvalue weighted by Crippen LogP contribution is -2.51. The van der Waals surface area contributed by atoms with Crippen LogP contribution in [0.3, 0.4) is 0 Å². The molecule has 6 heteroatoms. The highest BCUT2D eigenvalue weighted by Crippen LogP contribution is 2.33. The molecule has 2 unspecified atom stereocenters. The second-order valence-electron chi connectivity index (χ2n) is 6.74. The zero-order valence-electron chi connectivity index (χ0n) is 13.9. The quantitative estimate of drug-likeness (QED) is 0.892. The number of alkyl carbamates (subject to hydrolysis) is 1. The molecule has 2 heterocycles. The Kier molecular flexibility index (Phi) is 5.47. The molecule has 22 heavy (non-hydrogen) atoms. The van der Waals surface area contributed by atoms with Crippen LogP contribution in [0.1, 0.15) is 44.2 Å². The van der Waals surface area contributed by atoms with Crippen molar-refractivity contribution in [1.82, 2.24) is 10.2 Å². The number of carbonyl (C=O) groups is 1. The SMILES string of the molecule is CC1c2ccsc2CCN1C(CN)CNC(=O)OC(C)(C)C. The lowest BCUT2D eigenvalue weighted by molar-refractivity contribution is 0.0495. The molecule has 5 nitrogen and oxygen atoms in total. The van der Waals surface area contributed by atoms with Crippen LogP contribution in [-0.2, 0) is 11.2 Å². The Hall–Kier alpha value is -1.11. The van der Waals surface area contributed by atoms with Crippen LogP contribution in [0.4, 0.5) is 4.79 Å². The summed E-state index contributed by atoms with van der Waals surface area (Å²) in [5.41, 5.74) is 6.86. The predicted molar refractivity (Wildman–Crippen MR) is 90.2 cm³/mol. The number of carbonyl (C=O) groups excluding carboxylic acids is 1. The van der Waals surface area contributed by atoms with Crippen LogP contribution in [0, 0.1) is 0 Å². The van der Waals surface area contributed by atoms with E-state index < -0.39 is 5.60 Å². The standard InChI is InChI=1S/C16H27N3O2S/c1-11-13-6-8-22-14(13)5-7-19(11)12(9-17)10-18-15(20)21-16(2,3)4/h6,8,11-12H,5,7,9-10,17H2,1-4H3,(H,18,20). The van der Waals surface area contributed by atoms with Crippen molar-refractivity contribution in [2.24, 2.45) is 5.73 Å². The molecule has 1 aromatic heterocycles. The maximum Gasteiger partial charge on any atom is 0.407 e. The number of nitrogens with zero attached hydrogens (tertiary/aromatic N) is 1. The topological polar surface area (TPSA) is 67.6 Å². The van der Waals surface area contributed by atoms with Gasteiger partial charge in [-0.25, -0.2) is 4.79 Å². The van der Waals surface area contributed by atoms with Crippen LogP contribution in [0.25, 0.3) is 0 Å². The molecule has 2 atom stereocenters. The fourth-order valence-electron chi connectivity index (χ4n) is 2.88. The summed E-state index contributed by atoms with van der Waals surface area (Å²) in [6.45, 7) is 9.79. The summed E-state index contributed by atoms with van der Waals surface area (Å²) in [7, 11) is 0.